The molecule has 0 radical (unpaired) electrons. The minimum absolute atomic E-state index is 0.584. The van der Waals surface area contributed by atoms with Crippen molar-refractivity contribution in [3.8, 4) is 6.07 Å². The molecule has 0 unspecified atom stereocenters. The summed E-state index contributed by atoms with van der Waals surface area (Å²) in [6.07, 6.45) is 3.57. The van der Waals surface area contributed by atoms with Crippen LogP contribution in [0.4, 0.5) is 0 Å². The third-order valence-electron chi connectivity index (χ3n) is 2.62. The topological polar surface area (TPSA) is 36.7 Å². The Morgan fingerprint density at radius 3 is 2.44 bits per heavy atom. The van der Waals surface area contributed by atoms with Crippen LogP contribution < -0.4 is 0 Å². The maximum Gasteiger partial charge on any atom is 0.101 e. The molecule has 0 saturated carbocycles. The number of benzene rings is 1. The first kappa shape index (κ1) is 12.1. The monoisotopic (exact) mass is 234 g/mol. The first-order valence-electron chi connectivity index (χ1n) is 5.80. The van der Waals surface area contributed by atoms with Crippen molar-refractivity contribution in [3.05, 3.63) is 65.0 Å². The van der Waals surface area contributed by atoms with Gasteiger partial charge < -0.3 is 0 Å². The SMILES string of the molecule is Cc1cc(C)cc(/C=C(\C#N)c2ccccn2)c1. The molecule has 0 fully saturated rings. The van der Waals surface area contributed by atoms with Crippen LogP contribution in [0.2, 0.25) is 0 Å². The lowest BCUT2D eigenvalue weighted by Crippen LogP contribution is -1.87. The molecule has 2 nitrogen and oxygen atoms in total. The number of hydrogen-bond donors (Lipinski definition) is 0. The van der Waals surface area contributed by atoms with Crippen LogP contribution in [-0.4, -0.2) is 4.98 Å². The summed E-state index contributed by atoms with van der Waals surface area (Å²) >= 11 is 0. The van der Waals surface area contributed by atoms with Crippen LogP contribution in [0, 0.1) is 25.2 Å². The summed E-state index contributed by atoms with van der Waals surface area (Å²) in [5.74, 6) is 0. The van der Waals surface area contributed by atoms with E-state index >= 15 is 0 Å². The number of hydrogen-bond acceptors (Lipinski definition) is 2. The van der Waals surface area contributed by atoms with Crippen molar-refractivity contribution in [2.24, 2.45) is 0 Å². The molecule has 0 aliphatic rings. The number of nitrogens with zero attached hydrogens (tertiary/aromatic N) is 2. The average molecular weight is 234 g/mol. The van der Waals surface area contributed by atoms with E-state index in [0.29, 0.717) is 11.3 Å². The van der Waals surface area contributed by atoms with E-state index in [4.69, 9.17) is 0 Å². The van der Waals surface area contributed by atoms with Gasteiger partial charge in [-0.25, -0.2) is 0 Å². The Labute approximate surface area is 107 Å². The second-order valence-electron chi connectivity index (χ2n) is 4.31. The van der Waals surface area contributed by atoms with Crippen molar-refractivity contribution in [1.82, 2.24) is 4.98 Å². The highest BCUT2D eigenvalue weighted by molar-refractivity contribution is 5.88. The molecular formula is C16H14N2. The second-order valence-corrected chi connectivity index (χ2v) is 4.31. The van der Waals surface area contributed by atoms with Gasteiger partial charge in [-0.2, -0.15) is 5.26 Å². The Bertz CT molecular complexity index is 599. The van der Waals surface area contributed by atoms with Gasteiger partial charge in [0.05, 0.1) is 11.3 Å². The fourth-order valence-electron chi connectivity index (χ4n) is 1.95. The largest absolute Gasteiger partial charge is 0.256 e. The Hall–Kier alpha value is -2.40. The number of aryl methyl sites for hydroxylation is 2. The summed E-state index contributed by atoms with van der Waals surface area (Å²) in [5, 5.41) is 9.22. The molecule has 1 aromatic heterocycles. The molecule has 1 heterocycles. The second kappa shape index (κ2) is 5.29. The zero-order valence-corrected chi connectivity index (χ0v) is 10.5. The molecule has 0 saturated heterocycles. The zero-order chi connectivity index (χ0) is 13.0. The summed E-state index contributed by atoms with van der Waals surface area (Å²) in [4.78, 5) is 4.20. The van der Waals surface area contributed by atoms with Crippen molar-refractivity contribution in [2.45, 2.75) is 13.8 Å². The highest BCUT2D eigenvalue weighted by Gasteiger charge is 2.02. The molecule has 0 aliphatic heterocycles. The van der Waals surface area contributed by atoms with E-state index in [1.165, 1.54) is 11.1 Å². The summed E-state index contributed by atoms with van der Waals surface area (Å²) in [7, 11) is 0. The van der Waals surface area contributed by atoms with Gasteiger partial charge in [0.15, 0.2) is 0 Å². The van der Waals surface area contributed by atoms with E-state index in [9.17, 15) is 5.26 Å². The number of pyridine rings is 1. The molecule has 1 aromatic carbocycles. The van der Waals surface area contributed by atoms with Crippen molar-refractivity contribution in [2.75, 3.05) is 0 Å². The summed E-state index contributed by atoms with van der Waals surface area (Å²) < 4.78 is 0. The number of nitriles is 1. The standard InChI is InChI=1S/C16H14N2/c1-12-7-13(2)9-14(8-12)10-15(11-17)16-5-3-4-6-18-16/h3-10H,1-2H3/b15-10+. The third kappa shape index (κ3) is 2.83. The van der Waals surface area contributed by atoms with Gasteiger partial charge in [-0.1, -0.05) is 35.4 Å². The van der Waals surface area contributed by atoms with E-state index in [1.54, 1.807) is 6.20 Å². The van der Waals surface area contributed by atoms with Crippen LogP contribution in [0.5, 0.6) is 0 Å². The minimum Gasteiger partial charge on any atom is -0.256 e. The molecule has 0 spiro atoms. The Kier molecular flexibility index (Phi) is 3.54. The quantitative estimate of drug-likeness (QED) is 0.742. The molecule has 0 amide bonds. The predicted molar refractivity (Wildman–Crippen MR) is 73.6 cm³/mol. The molecule has 0 bridgehead atoms. The minimum atomic E-state index is 0.584. The number of allylic oxidation sites excluding steroid dienone is 1. The molecule has 2 rings (SSSR count). The van der Waals surface area contributed by atoms with Crippen LogP contribution in [0.3, 0.4) is 0 Å². The molecule has 18 heavy (non-hydrogen) atoms. The first-order chi connectivity index (χ1) is 8.69. The van der Waals surface area contributed by atoms with Crippen molar-refractivity contribution >= 4 is 11.6 Å². The Balaban J connectivity index is 2.45. The summed E-state index contributed by atoms with van der Waals surface area (Å²) in [5.41, 5.74) is 4.72. The summed E-state index contributed by atoms with van der Waals surface area (Å²) in [6, 6.07) is 14.0. The average Bonchev–Trinajstić information content (AvgIpc) is 2.36. The van der Waals surface area contributed by atoms with Gasteiger partial charge in [0, 0.05) is 6.20 Å². The van der Waals surface area contributed by atoms with Gasteiger partial charge in [-0.3, -0.25) is 4.98 Å². The highest BCUT2D eigenvalue weighted by Crippen LogP contribution is 2.17. The fraction of sp³-hybridized carbons (Fsp3) is 0.125. The maximum atomic E-state index is 9.22. The fourth-order valence-corrected chi connectivity index (χ4v) is 1.95. The smallest absolute Gasteiger partial charge is 0.101 e. The van der Waals surface area contributed by atoms with E-state index < -0.39 is 0 Å². The van der Waals surface area contributed by atoms with Crippen LogP contribution >= 0.6 is 0 Å². The van der Waals surface area contributed by atoms with Gasteiger partial charge in [0.1, 0.15) is 6.07 Å². The lowest BCUT2D eigenvalue weighted by molar-refractivity contribution is 1.28. The zero-order valence-electron chi connectivity index (χ0n) is 10.5. The van der Waals surface area contributed by atoms with Gasteiger partial charge in [-0.15, -0.1) is 0 Å². The van der Waals surface area contributed by atoms with Gasteiger partial charge in [-0.05, 0) is 37.6 Å². The number of rotatable bonds is 2. The molecule has 88 valence electrons. The van der Waals surface area contributed by atoms with Crippen LogP contribution in [0.1, 0.15) is 22.4 Å². The lowest BCUT2D eigenvalue weighted by atomic mass is 10.0. The number of aromatic nitrogens is 1. The van der Waals surface area contributed by atoms with Crippen molar-refractivity contribution < 1.29 is 0 Å². The highest BCUT2D eigenvalue weighted by atomic mass is 14.7. The van der Waals surface area contributed by atoms with Crippen molar-refractivity contribution in [1.29, 1.82) is 5.26 Å². The maximum absolute atomic E-state index is 9.22. The predicted octanol–water partition coefficient (Wildman–Crippen LogP) is 3.76. The first-order valence-corrected chi connectivity index (χ1v) is 5.80. The molecule has 0 aliphatic carbocycles. The Morgan fingerprint density at radius 1 is 1.17 bits per heavy atom. The van der Waals surface area contributed by atoms with Crippen molar-refractivity contribution in [3.63, 3.8) is 0 Å². The summed E-state index contributed by atoms with van der Waals surface area (Å²) in [6.45, 7) is 4.11. The van der Waals surface area contributed by atoms with E-state index in [-0.39, 0.29) is 0 Å². The lowest BCUT2D eigenvalue weighted by Gasteiger charge is -2.02. The van der Waals surface area contributed by atoms with Crippen LogP contribution in [0.15, 0.2) is 42.6 Å². The third-order valence-corrected chi connectivity index (χ3v) is 2.62. The molecule has 0 N–H and O–H groups in total. The molecular weight excluding hydrogens is 220 g/mol. The van der Waals surface area contributed by atoms with E-state index in [1.807, 2.05) is 24.3 Å². The van der Waals surface area contributed by atoms with Crippen LogP contribution in [0.25, 0.3) is 11.6 Å². The van der Waals surface area contributed by atoms with E-state index in [2.05, 4.69) is 43.1 Å². The van der Waals surface area contributed by atoms with Gasteiger partial charge in [0.2, 0.25) is 0 Å². The van der Waals surface area contributed by atoms with Gasteiger partial charge >= 0.3 is 0 Å². The van der Waals surface area contributed by atoms with Gasteiger partial charge in [0.25, 0.3) is 0 Å². The van der Waals surface area contributed by atoms with E-state index in [0.717, 1.165) is 5.56 Å². The van der Waals surface area contributed by atoms with Crippen LogP contribution in [-0.2, 0) is 0 Å². The molecule has 2 heteroatoms. The molecule has 2 aromatic rings. The normalized spacial score (nSPS) is 11.1. The Morgan fingerprint density at radius 2 is 1.89 bits per heavy atom. The molecule has 0 atom stereocenters.